The number of hydrogen-bond acceptors (Lipinski definition) is 6. The van der Waals surface area contributed by atoms with Crippen LogP contribution in [0.15, 0.2) is 43.1 Å². The molecule has 1 atom stereocenters. The van der Waals surface area contributed by atoms with Crippen LogP contribution in [0.3, 0.4) is 0 Å². The number of para-hydroxylation sites is 1. The quantitative estimate of drug-likeness (QED) is 0.317. The summed E-state index contributed by atoms with van der Waals surface area (Å²) in [6.45, 7) is 1.38. The molecule has 0 spiro atoms. The third-order valence-electron chi connectivity index (χ3n) is 4.32. The van der Waals surface area contributed by atoms with Gasteiger partial charge in [-0.15, -0.1) is 0 Å². The molecule has 0 saturated carbocycles. The maximum atomic E-state index is 12.7. The van der Waals surface area contributed by atoms with Crippen molar-refractivity contribution in [3.05, 3.63) is 48.7 Å². The van der Waals surface area contributed by atoms with Crippen LogP contribution in [0.2, 0.25) is 0 Å². The number of amides is 2. The Bertz CT molecular complexity index is 1150. The maximum absolute atomic E-state index is 12.7. The Balaban J connectivity index is 1.51. The zero-order valence-electron chi connectivity index (χ0n) is 15.0. The molecule has 0 aliphatic heterocycles. The van der Waals surface area contributed by atoms with Gasteiger partial charge in [-0.25, -0.2) is 15.0 Å². The highest BCUT2D eigenvalue weighted by Gasteiger charge is 2.22. The summed E-state index contributed by atoms with van der Waals surface area (Å²) in [5, 5.41) is 3.70. The molecule has 3 heterocycles. The predicted molar refractivity (Wildman–Crippen MR) is 103 cm³/mol. The van der Waals surface area contributed by atoms with E-state index in [2.05, 4.69) is 41.1 Å². The minimum atomic E-state index is -0.761. The topological polar surface area (TPSA) is 140 Å². The Morgan fingerprint density at radius 3 is 2.86 bits per heavy atom. The van der Waals surface area contributed by atoms with E-state index >= 15 is 0 Å². The lowest BCUT2D eigenvalue weighted by atomic mass is 10.0. The van der Waals surface area contributed by atoms with E-state index in [0.717, 1.165) is 16.5 Å². The van der Waals surface area contributed by atoms with Crippen LogP contribution in [-0.4, -0.2) is 42.8 Å². The minimum Gasteiger partial charge on any atom is -0.361 e. The first-order chi connectivity index (χ1) is 13.6. The molecule has 0 saturated heterocycles. The number of H-pyrrole nitrogens is 2. The highest BCUT2D eigenvalue weighted by molar-refractivity contribution is 5.90. The van der Waals surface area contributed by atoms with E-state index in [9.17, 15) is 9.59 Å². The second kappa shape index (κ2) is 7.35. The number of aromatic nitrogens is 5. The largest absolute Gasteiger partial charge is 0.361 e. The molecule has 142 valence electrons. The Morgan fingerprint density at radius 1 is 1.14 bits per heavy atom. The van der Waals surface area contributed by atoms with Crippen molar-refractivity contribution in [3.8, 4) is 0 Å². The first-order valence-electron chi connectivity index (χ1n) is 8.64. The summed E-state index contributed by atoms with van der Waals surface area (Å²) < 4.78 is 0. The normalized spacial score (nSPS) is 12.0. The van der Waals surface area contributed by atoms with E-state index in [1.54, 1.807) is 0 Å². The number of benzene rings is 1. The van der Waals surface area contributed by atoms with Gasteiger partial charge >= 0.3 is 0 Å². The van der Waals surface area contributed by atoms with E-state index < -0.39 is 11.9 Å². The molecule has 0 bridgehead atoms. The van der Waals surface area contributed by atoms with Gasteiger partial charge in [0.2, 0.25) is 5.91 Å². The van der Waals surface area contributed by atoms with Crippen LogP contribution in [-0.2, 0) is 16.0 Å². The number of rotatable bonds is 6. The first-order valence-corrected chi connectivity index (χ1v) is 8.64. The number of hydrogen-bond donors (Lipinski definition) is 5. The van der Waals surface area contributed by atoms with Crippen LogP contribution in [0.4, 0.5) is 5.82 Å². The van der Waals surface area contributed by atoms with Crippen molar-refractivity contribution >= 4 is 39.7 Å². The van der Waals surface area contributed by atoms with E-state index in [4.69, 9.17) is 0 Å². The van der Waals surface area contributed by atoms with E-state index in [-0.39, 0.29) is 5.91 Å². The molecule has 0 aliphatic rings. The fraction of sp³-hybridized carbons (Fsp3) is 0.167. The van der Waals surface area contributed by atoms with Crippen molar-refractivity contribution in [3.63, 3.8) is 0 Å². The fourth-order valence-electron chi connectivity index (χ4n) is 3.04. The van der Waals surface area contributed by atoms with Gasteiger partial charge in [-0.3, -0.25) is 20.4 Å². The van der Waals surface area contributed by atoms with Gasteiger partial charge in [0, 0.05) is 30.4 Å². The second-order valence-electron chi connectivity index (χ2n) is 6.25. The lowest BCUT2D eigenvalue weighted by Gasteiger charge is -2.18. The van der Waals surface area contributed by atoms with Gasteiger partial charge < -0.3 is 15.3 Å². The van der Waals surface area contributed by atoms with Crippen LogP contribution < -0.4 is 16.2 Å². The lowest BCUT2D eigenvalue weighted by molar-refractivity contribution is -0.127. The van der Waals surface area contributed by atoms with Crippen molar-refractivity contribution in [2.45, 2.75) is 19.4 Å². The molecule has 1 unspecified atom stereocenters. The summed E-state index contributed by atoms with van der Waals surface area (Å²) in [5.74, 6) is -0.311. The molecule has 3 aromatic heterocycles. The number of carbonyl (C=O) groups is 2. The van der Waals surface area contributed by atoms with Crippen molar-refractivity contribution in [2.75, 3.05) is 5.43 Å². The summed E-state index contributed by atoms with van der Waals surface area (Å²) in [4.78, 5) is 42.6. The van der Waals surface area contributed by atoms with Crippen molar-refractivity contribution < 1.29 is 9.59 Å². The molecule has 1 aromatic carbocycles. The van der Waals surface area contributed by atoms with Crippen molar-refractivity contribution in [1.29, 1.82) is 0 Å². The Morgan fingerprint density at radius 2 is 2.00 bits per heavy atom. The predicted octanol–water partition coefficient (Wildman–Crippen LogP) is 1.02. The Labute approximate surface area is 159 Å². The number of nitrogens with one attached hydrogen (secondary N) is 5. The van der Waals surface area contributed by atoms with Crippen LogP contribution in [0.25, 0.3) is 22.1 Å². The van der Waals surface area contributed by atoms with Gasteiger partial charge in [-0.05, 0) is 11.6 Å². The summed E-state index contributed by atoms with van der Waals surface area (Å²) in [5.41, 5.74) is 8.30. The highest BCUT2D eigenvalue weighted by Crippen LogP contribution is 2.19. The molecule has 10 nitrogen and oxygen atoms in total. The zero-order chi connectivity index (χ0) is 19.5. The second-order valence-corrected chi connectivity index (χ2v) is 6.25. The molecule has 28 heavy (non-hydrogen) atoms. The molecular weight excluding hydrogens is 360 g/mol. The Hall–Kier alpha value is -3.95. The molecule has 4 rings (SSSR count). The number of anilines is 1. The van der Waals surface area contributed by atoms with Crippen LogP contribution in [0.5, 0.6) is 0 Å². The smallest absolute Gasteiger partial charge is 0.261 e. The van der Waals surface area contributed by atoms with Crippen molar-refractivity contribution in [2.24, 2.45) is 0 Å². The van der Waals surface area contributed by atoms with Gasteiger partial charge in [0.15, 0.2) is 11.5 Å². The summed E-state index contributed by atoms with van der Waals surface area (Å²) in [6, 6.07) is 7.03. The molecule has 0 fully saturated rings. The van der Waals surface area contributed by atoms with Gasteiger partial charge in [-0.2, -0.15) is 0 Å². The molecule has 10 heteroatoms. The number of imidazole rings is 1. The molecule has 4 aromatic rings. The summed E-state index contributed by atoms with van der Waals surface area (Å²) >= 11 is 0. The average Bonchev–Trinajstić information content (AvgIpc) is 3.32. The summed E-state index contributed by atoms with van der Waals surface area (Å²) in [7, 11) is 0. The summed E-state index contributed by atoms with van der Waals surface area (Å²) in [6.07, 6.45) is 5.01. The van der Waals surface area contributed by atoms with Gasteiger partial charge in [0.05, 0.1) is 6.33 Å². The minimum absolute atomic E-state index is 0.294. The molecule has 0 radical (unpaired) electrons. The number of nitrogens with zero attached hydrogens (tertiary/aromatic N) is 3. The third kappa shape index (κ3) is 3.47. The zero-order valence-corrected chi connectivity index (χ0v) is 15.0. The van der Waals surface area contributed by atoms with Crippen LogP contribution in [0, 0.1) is 0 Å². The molecule has 0 aliphatic carbocycles. The number of carbonyl (C=O) groups excluding carboxylic acids is 2. The van der Waals surface area contributed by atoms with E-state index in [0.29, 0.717) is 23.4 Å². The molecule has 2 amide bonds. The van der Waals surface area contributed by atoms with Crippen LogP contribution >= 0.6 is 0 Å². The number of hydrazine groups is 1. The first kappa shape index (κ1) is 17.5. The van der Waals surface area contributed by atoms with Gasteiger partial charge in [0.1, 0.15) is 17.9 Å². The number of aromatic amines is 2. The third-order valence-corrected chi connectivity index (χ3v) is 4.32. The molecule has 5 N–H and O–H groups in total. The van der Waals surface area contributed by atoms with Gasteiger partial charge in [-0.1, -0.05) is 18.2 Å². The SMILES string of the molecule is CC(=O)NC(Cc1c[nH]c2ccccc12)C(=O)NNc1ncnc2nc[nH]c12. The highest BCUT2D eigenvalue weighted by atomic mass is 16.2. The van der Waals surface area contributed by atoms with E-state index in [1.807, 2.05) is 30.5 Å². The maximum Gasteiger partial charge on any atom is 0.261 e. The van der Waals surface area contributed by atoms with Crippen molar-refractivity contribution in [1.82, 2.24) is 35.7 Å². The van der Waals surface area contributed by atoms with Crippen LogP contribution in [0.1, 0.15) is 12.5 Å². The standard InChI is InChI=1S/C18H18N8O2/c1-10(27)24-14(6-11-7-19-13-5-3-2-4-12(11)13)18(28)26-25-17-15-16(21-8-20-15)22-9-23-17/h2-5,7-9,14,19H,6H2,1H3,(H,24,27)(H,26,28)(H2,20,21,22,23,25). The number of fused-ring (bicyclic) bond motifs is 2. The van der Waals surface area contributed by atoms with E-state index in [1.165, 1.54) is 19.6 Å². The fourth-order valence-corrected chi connectivity index (χ4v) is 3.04. The Kier molecular flexibility index (Phi) is 4.58. The van der Waals surface area contributed by atoms with Gasteiger partial charge in [0.25, 0.3) is 5.91 Å². The lowest BCUT2D eigenvalue weighted by Crippen LogP contribution is -2.49. The molecular formula is C18H18N8O2. The monoisotopic (exact) mass is 378 g/mol. The average molecular weight is 378 g/mol.